The van der Waals surface area contributed by atoms with Crippen molar-refractivity contribution in [1.29, 1.82) is 0 Å². The molecule has 1 atom stereocenters. The highest BCUT2D eigenvalue weighted by molar-refractivity contribution is 6.31. The van der Waals surface area contributed by atoms with Crippen molar-refractivity contribution in [3.8, 4) is 5.75 Å². The van der Waals surface area contributed by atoms with Crippen LogP contribution in [0.2, 0.25) is 5.02 Å². The third kappa shape index (κ3) is 3.49. The van der Waals surface area contributed by atoms with E-state index in [-0.39, 0.29) is 11.9 Å². The van der Waals surface area contributed by atoms with Gasteiger partial charge in [0.2, 0.25) is 5.91 Å². The van der Waals surface area contributed by atoms with E-state index in [0.717, 1.165) is 5.56 Å². The maximum atomic E-state index is 12.4. The number of ether oxygens (including phenoxy) is 1. The number of fused-ring (bicyclic) bond motifs is 1. The molecule has 0 aliphatic carbocycles. The normalized spacial score (nSPS) is 16.5. The van der Waals surface area contributed by atoms with E-state index < -0.39 is 0 Å². The lowest BCUT2D eigenvalue weighted by Crippen LogP contribution is -2.47. The van der Waals surface area contributed by atoms with Gasteiger partial charge in [0, 0.05) is 23.7 Å². The lowest BCUT2D eigenvalue weighted by Gasteiger charge is -2.25. The van der Waals surface area contributed by atoms with Gasteiger partial charge in [0.15, 0.2) is 0 Å². The first-order valence-corrected chi connectivity index (χ1v) is 7.96. The number of amides is 1. The molecular formula is C18H19ClN2O2. The molecule has 5 heteroatoms. The van der Waals surface area contributed by atoms with Crippen molar-refractivity contribution in [2.75, 3.05) is 7.11 Å². The molecule has 3 rings (SSSR count). The van der Waals surface area contributed by atoms with Gasteiger partial charge in [0.05, 0.1) is 13.2 Å². The first-order valence-electron chi connectivity index (χ1n) is 7.58. The Kier molecular flexibility index (Phi) is 4.84. The Labute approximate surface area is 140 Å². The highest BCUT2D eigenvalue weighted by Gasteiger charge is 2.24. The topological polar surface area (TPSA) is 50.4 Å². The molecule has 2 N–H and O–H groups in total. The summed E-state index contributed by atoms with van der Waals surface area (Å²) < 4.78 is 5.30. The standard InChI is InChI=1S/C18H19ClN2O2/c1-23-17-8-4-7-15(19)14(17)11-21-18(22)16-9-12-5-2-3-6-13(12)10-20-16/h2-8,16,20H,9-11H2,1H3,(H,21,22). The van der Waals surface area contributed by atoms with Crippen LogP contribution in [0.15, 0.2) is 42.5 Å². The molecule has 2 aromatic rings. The second-order valence-electron chi connectivity index (χ2n) is 5.54. The Bertz CT molecular complexity index is 718. The molecule has 120 valence electrons. The van der Waals surface area contributed by atoms with Gasteiger partial charge in [0.1, 0.15) is 5.75 Å². The smallest absolute Gasteiger partial charge is 0.237 e. The van der Waals surface area contributed by atoms with Crippen molar-refractivity contribution in [1.82, 2.24) is 10.6 Å². The average Bonchev–Trinajstić information content (AvgIpc) is 2.59. The zero-order valence-electron chi connectivity index (χ0n) is 12.9. The summed E-state index contributed by atoms with van der Waals surface area (Å²) in [5.41, 5.74) is 3.27. The summed E-state index contributed by atoms with van der Waals surface area (Å²) in [6.45, 7) is 1.06. The van der Waals surface area contributed by atoms with Crippen LogP contribution in [0.5, 0.6) is 5.75 Å². The Hall–Kier alpha value is -2.04. The minimum absolute atomic E-state index is 0.0264. The van der Waals surface area contributed by atoms with E-state index in [0.29, 0.717) is 30.3 Å². The summed E-state index contributed by atoms with van der Waals surface area (Å²) in [5, 5.41) is 6.82. The van der Waals surface area contributed by atoms with Gasteiger partial charge in [-0.1, -0.05) is 41.9 Å². The first kappa shape index (κ1) is 15.8. The molecule has 0 saturated carbocycles. The van der Waals surface area contributed by atoms with E-state index in [1.54, 1.807) is 13.2 Å². The third-order valence-electron chi connectivity index (χ3n) is 4.13. The number of carbonyl (C=O) groups excluding carboxylic acids is 1. The van der Waals surface area contributed by atoms with E-state index in [1.807, 2.05) is 24.3 Å². The molecule has 0 fully saturated rings. The van der Waals surface area contributed by atoms with E-state index in [4.69, 9.17) is 16.3 Å². The summed E-state index contributed by atoms with van der Waals surface area (Å²) in [7, 11) is 1.59. The maximum absolute atomic E-state index is 12.4. The van der Waals surface area contributed by atoms with Gasteiger partial charge in [0.25, 0.3) is 0 Å². The number of benzene rings is 2. The lowest BCUT2D eigenvalue weighted by molar-refractivity contribution is -0.123. The number of rotatable bonds is 4. The van der Waals surface area contributed by atoms with Crippen LogP contribution in [-0.4, -0.2) is 19.1 Å². The SMILES string of the molecule is COc1cccc(Cl)c1CNC(=O)C1Cc2ccccc2CN1. The molecule has 1 heterocycles. The molecule has 2 aromatic carbocycles. The second kappa shape index (κ2) is 7.02. The van der Waals surface area contributed by atoms with Crippen LogP contribution in [-0.2, 0) is 24.3 Å². The van der Waals surface area contributed by atoms with Crippen molar-refractivity contribution in [2.24, 2.45) is 0 Å². The van der Waals surface area contributed by atoms with Crippen LogP contribution in [0.3, 0.4) is 0 Å². The predicted octanol–water partition coefficient (Wildman–Crippen LogP) is 2.68. The third-order valence-corrected chi connectivity index (χ3v) is 4.49. The zero-order chi connectivity index (χ0) is 16.2. The van der Waals surface area contributed by atoms with Crippen molar-refractivity contribution in [2.45, 2.75) is 25.6 Å². The van der Waals surface area contributed by atoms with Crippen molar-refractivity contribution >= 4 is 17.5 Å². The number of halogens is 1. The molecule has 1 aliphatic rings. The van der Waals surface area contributed by atoms with E-state index in [9.17, 15) is 4.79 Å². The van der Waals surface area contributed by atoms with E-state index in [1.165, 1.54) is 11.1 Å². The molecule has 23 heavy (non-hydrogen) atoms. The Morgan fingerprint density at radius 2 is 2.04 bits per heavy atom. The van der Waals surface area contributed by atoms with E-state index >= 15 is 0 Å². The average molecular weight is 331 g/mol. The summed E-state index contributed by atoms with van der Waals surface area (Å²) in [6, 6.07) is 13.4. The highest BCUT2D eigenvalue weighted by atomic mass is 35.5. The van der Waals surface area contributed by atoms with E-state index in [2.05, 4.69) is 22.8 Å². The number of nitrogens with one attached hydrogen (secondary N) is 2. The van der Waals surface area contributed by atoms with Crippen LogP contribution >= 0.6 is 11.6 Å². The molecule has 0 radical (unpaired) electrons. The fraction of sp³-hybridized carbons (Fsp3) is 0.278. The Balaban J connectivity index is 1.65. The second-order valence-corrected chi connectivity index (χ2v) is 5.95. The summed E-state index contributed by atoms with van der Waals surface area (Å²) in [4.78, 5) is 12.4. The van der Waals surface area contributed by atoms with Crippen LogP contribution in [0.25, 0.3) is 0 Å². The lowest BCUT2D eigenvalue weighted by atomic mass is 9.95. The fourth-order valence-electron chi connectivity index (χ4n) is 2.84. The van der Waals surface area contributed by atoms with Crippen LogP contribution < -0.4 is 15.4 Å². The monoisotopic (exact) mass is 330 g/mol. The zero-order valence-corrected chi connectivity index (χ0v) is 13.7. The summed E-state index contributed by atoms with van der Waals surface area (Å²) in [5.74, 6) is 0.654. The fourth-order valence-corrected chi connectivity index (χ4v) is 3.07. The summed E-state index contributed by atoms with van der Waals surface area (Å²) >= 11 is 6.20. The van der Waals surface area contributed by atoms with Gasteiger partial charge in [-0.05, 0) is 29.7 Å². The molecule has 1 unspecified atom stereocenters. The van der Waals surface area contributed by atoms with Gasteiger partial charge in [-0.15, -0.1) is 0 Å². The maximum Gasteiger partial charge on any atom is 0.237 e. The predicted molar refractivity (Wildman–Crippen MR) is 90.6 cm³/mol. The number of carbonyl (C=O) groups is 1. The van der Waals surface area contributed by atoms with Crippen LogP contribution in [0, 0.1) is 0 Å². The molecule has 1 aliphatic heterocycles. The molecule has 0 aromatic heterocycles. The molecule has 0 bridgehead atoms. The van der Waals surface area contributed by atoms with Gasteiger partial charge < -0.3 is 15.4 Å². The number of hydrogen-bond donors (Lipinski definition) is 2. The molecule has 0 spiro atoms. The van der Waals surface area contributed by atoms with Crippen molar-refractivity contribution < 1.29 is 9.53 Å². The Morgan fingerprint density at radius 1 is 1.26 bits per heavy atom. The van der Waals surface area contributed by atoms with Crippen LogP contribution in [0.4, 0.5) is 0 Å². The summed E-state index contributed by atoms with van der Waals surface area (Å²) in [6.07, 6.45) is 0.696. The molecule has 0 saturated heterocycles. The number of methoxy groups -OCH3 is 1. The van der Waals surface area contributed by atoms with Crippen molar-refractivity contribution in [3.05, 3.63) is 64.2 Å². The van der Waals surface area contributed by atoms with Gasteiger partial charge in [-0.25, -0.2) is 0 Å². The highest BCUT2D eigenvalue weighted by Crippen LogP contribution is 2.26. The van der Waals surface area contributed by atoms with Gasteiger partial charge >= 0.3 is 0 Å². The van der Waals surface area contributed by atoms with Crippen LogP contribution in [0.1, 0.15) is 16.7 Å². The Morgan fingerprint density at radius 3 is 2.83 bits per heavy atom. The number of hydrogen-bond acceptors (Lipinski definition) is 3. The molecule has 4 nitrogen and oxygen atoms in total. The molecule has 1 amide bonds. The van der Waals surface area contributed by atoms with Crippen molar-refractivity contribution in [3.63, 3.8) is 0 Å². The van der Waals surface area contributed by atoms with Gasteiger partial charge in [-0.3, -0.25) is 4.79 Å². The van der Waals surface area contributed by atoms with Gasteiger partial charge in [-0.2, -0.15) is 0 Å². The largest absolute Gasteiger partial charge is 0.496 e. The minimum Gasteiger partial charge on any atom is -0.496 e. The minimum atomic E-state index is -0.224. The first-order chi connectivity index (χ1) is 11.2. The molecular weight excluding hydrogens is 312 g/mol. The quantitative estimate of drug-likeness (QED) is 0.906.